The van der Waals surface area contributed by atoms with Gasteiger partial charge < -0.3 is 5.32 Å². The molecule has 0 saturated carbocycles. The van der Waals surface area contributed by atoms with Crippen molar-refractivity contribution >= 4 is 11.3 Å². The molecule has 0 unspecified atom stereocenters. The van der Waals surface area contributed by atoms with Crippen molar-refractivity contribution in [3.63, 3.8) is 0 Å². The Morgan fingerprint density at radius 2 is 2.24 bits per heavy atom. The van der Waals surface area contributed by atoms with Crippen LogP contribution in [0, 0.1) is 13.8 Å². The summed E-state index contributed by atoms with van der Waals surface area (Å²) in [5.41, 5.74) is 3.84. The van der Waals surface area contributed by atoms with Gasteiger partial charge in [0, 0.05) is 10.6 Å². The Labute approximate surface area is 106 Å². The Kier molecular flexibility index (Phi) is 3.97. The van der Waals surface area contributed by atoms with E-state index in [4.69, 9.17) is 0 Å². The standard InChI is InChI=1S/C13H19N3S/c1-10-13(6-7-14-3)11(2)16(15-10)9-12-5-4-8-17-12/h4-5,8,14H,6-7,9H2,1-3H3. The molecule has 2 aromatic heterocycles. The van der Waals surface area contributed by atoms with E-state index in [0.717, 1.165) is 25.2 Å². The molecule has 0 amide bonds. The zero-order valence-corrected chi connectivity index (χ0v) is 11.5. The molecule has 0 spiro atoms. The summed E-state index contributed by atoms with van der Waals surface area (Å²) in [6.45, 7) is 6.16. The van der Waals surface area contributed by atoms with Crippen molar-refractivity contribution in [2.75, 3.05) is 13.6 Å². The van der Waals surface area contributed by atoms with Gasteiger partial charge in [0.05, 0.1) is 12.2 Å². The minimum atomic E-state index is 0.893. The van der Waals surface area contributed by atoms with Crippen molar-refractivity contribution in [3.8, 4) is 0 Å². The first-order chi connectivity index (χ1) is 8.22. The molecular formula is C13H19N3S. The topological polar surface area (TPSA) is 29.9 Å². The van der Waals surface area contributed by atoms with Crippen LogP contribution >= 0.6 is 11.3 Å². The Morgan fingerprint density at radius 3 is 2.88 bits per heavy atom. The van der Waals surface area contributed by atoms with Crippen molar-refractivity contribution < 1.29 is 0 Å². The second kappa shape index (κ2) is 5.47. The van der Waals surface area contributed by atoms with Crippen molar-refractivity contribution in [2.45, 2.75) is 26.8 Å². The van der Waals surface area contributed by atoms with Gasteiger partial charge in [0.2, 0.25) is 0 Å². The van der Waals surface area contributed by atoms with Crippen LogP contribution in [0.25, 0.3) is 0 Å². The summed E-state index contributed by atoms with van der Waals surface area (Å²) < 4.78 is 2.12. The van der Waals surface area contributed by atoms with E-state index in [-0.39, 0.29) is 0 Å². The number of thiophene rings is 1. The van der Waals surface area contributed by atoms with Gasteiger partial charge in [-0.15, -0.1) is 11.3 Å². The highest BCUT2D eigenvalue weighted by Gasteiger charge is 2.11. The van der Waals surface area contributed by atoms with Crippen LogP contribution in [0.1, 0.15) is 21.8 Å². The highest BCUT2D eigenvalue weighted by Crippen LogP contribution is 2.17. The van der Waals surface area contributed by atoms with E-state index >= 15 is 0 Å². The number of nitrogens with one attached hydrogen (secondary N) is 1. The molecule has 4 heteroatoms. The van der Waals surface area contributed by atoms with Gasteiger partial charge in [-0.1, -0.05) is 6.07 Å². The Balaban J connectivity index is 2.18. The molecule has 1 N–H and O–H groups in total. The van der Waals surface area contributed by atoms with Gasteiger partial charge in [-0.25, -0.2) is 0 Å². The quantitative estimate of drug-likeness (QED) is 0.881. The molecular weight excluding hydrogens is 230 g/mol. The molecule has 0 bridgehead atoms. The number of rotatable bonds is 5. The van der Waals surface area contributed by atoms with Gasteiger partial charge in [-0.05, 0) is 50.9 Å². The van der Waals surface area contributed by atoms with Crippen LogP contribution in [-0.4, -0.2) is 23.4 Å². The van der Waals surface area contributed by atoms with Gasteiger partial charge in [-0.2, -0.15) is 5.10 Å². The third kappa shape index (κ3) is 2.76. The zero-order valence-electron chi connectivity index (χ0n) is 10.7. The van der Waals surface area contributed by atoms with Crippen LogP contribution < -0.4 is 5.32 Å². The Bertz CT molecular complexity index is 471. The number of aryl methyl sites for hydroxylation is 1. The average molecular weight is 249 g/mol. The van der Waals surface area contributed by atoms with Gasteiger partial charge in [-0.3, -0.25) is 4.68 Å². The summed E-state index contributed by atoms with van der Waals surface area (Å²) in [4.78, 5) is 1.36. The van der Waals surface area contributed by atoms with Crippen LogP contribution in [0.15, 0.2) is 17.5 Å². The smallest absolute Gasteiger partial charge is 0.0755 e. The summed E-state index contributed by atoms with van der Waals surface area (Å²) in [5, 5.41) is 9.94. The molecule has 2 heterocycles. The molecule has 92 valence electrons. The maximum Gasteiger partial charge on any atom is 0.0755 e. The third-order valence-electron chi connectivity index (χ3n) is 3.04. The van der Waals surface area contributed by atoms with E-state index in [1.807, 2.05) is 7.05 Å². The molecule has 0 aromatic carbocycles. The van der Waals surface area contributed by atoms with Crippen molar-refractivity contribution in [2.24, 2.45) is 0 Å². The Morgan fingerprint density at radius 1 is 1.41 bits per heavy atom. The van der Waals surface area contributed by atoms with Gasteiger partial charge in [0.25, 0.3) is 0 Å². The normalized spacial score (nSPS) is 11.0. The number of aromatic nitrogens is 2. The molecule has 3 nitrogen and oxygen atoms in total. The monoisotopic (exact) mass is 249 g/mol. The minimum Gasteiger partial charge on any atom is -0.319 e. The van der Waals surface area contributed by atoms with E-state index in [2.05, 4.69) is 46.5 Å². The van der Waals surface area contributed by atoms with E-state index in [9.17, 15) is 0 Å². The highest BCUT2D eigenvalue weighted by atomic mass is 32.1. The summed E-state index contributed by atoms with van der Waals surface area (Å²) in [5.74, 6) is 0. The molecule has 0 radical (unpaired) electrons. The predicted molar refractivity (Wildman–Crippen MR) is 72.8 cm³/mol. The van der Waals surface area contributed by atoms with E-state index in [0.29, 0.717) is 0 Å². The van der Waals surface area contributed by atoms with E-state index in [1.54, 1.807) is 11.3 Å². The second-order valence-electron chi connectivity index (χ2n) is 4.24. The van der Waals surface area contributed by atoms with Crippen LogP contribution in [-0.2, 0) is 13.0 Å². The summed E-state index contributed by atoms with van der Waals surface area (Å²) in [6, 6.07) is 4.25. The lowest BCUT2D eigenvalue weighted by Gasteiger charge is -2.04. The first kappa shape index (κ1) is 12.3. The fraction of sp³-hybridized carbons (Fsp3) is 0.462. The maximum absolute atomic E-state index is 4.63. The summed E-state index contributed by atoms with van der Waals surface area (Å²) >= 11 is 1.79. The second-order valence-corrected chi connectivity index (χ2v) is 5.27. The molecule has 0 atom stereocenters. The predicted octanol–water partition coefficient (Wildman–Crippen LogP) is 2.37. The number of hydrogen-bond donors (Lipinski definition) is 1. The summed E-state index contributed by atoms with van der Waals surface area (Å²) in [6.07, 6.45) is 1.05. The summed E-state index contributed by atoms with van der Waals surface area (Å²) in [7, 11) is 1.99. The molecule has 2 rings (SSSR count). The number of likely N-dealkylation sites (N-methyl/N-ethyl adjacent to an activating group) is 1. The molecule has 2 aromatic rings. The lowest BCUT2D eigenvalue weighted by Crippen LogP contribution is -2.11. The lowest BCUT2D eigenvalue weighted by molar-refractivity contribution is 0.664. The minimum absolute atomic E-state index is 0.893. The van der Waals surface area contributed by atoms with Crippen LogP contribution in [0.2, 0.25) is 0 Å². The SMILES string of the molecule is CNCCc1c(C)nn(Cc2cccs2)c1C. The van der Waals surface area contributed by atoms with Crippen LogP contribution in [0.5, 0.6) is 0 Å². The fourth-order valence-corrected chi connectivity index (χ4v) is 2.74. The van der Waals surface area contributed by atoms with E-state index < -0.39 is 0 Å². The molecule has 0 aliphatic rings. The number of nitrogens with zero attached hydrogens (tertiary/aromatic N) is 2. The Hall–Kier alpha value is -1.13. The molecule has 0 saturated heterocycles. The molecule has 0 aliphatic heterocycles. The van der Waals surface area contributed by atoms with Gasteiger partial charge >= 0.3 is 0 Å². The van der Waals surface area contributed by atoms with Gasteiger partial charge in [0.15, 0.2) is 0 Å². The van der Waals surface area contributed by atoms with E-state index in [1.165, 1.54) is 16.1 Å². The van der Waals surface area contributed by atoms with Crippen molar-refractivity contribution in [1.29, 1.82) is 0 Å². The zero-order chi connectivity index (χ0) is 12.3. The molecule has 0 aliphatic carbocycles. The first-order valence-corrected chi connectivity index (χ1v) is 6.80. The number of hydrogen-bond acceptors (Lipinski definition) is 3. The molecule has 17 heavy (non-hydrogen) atoms. The van der Waals surface area contributed by atoms with Gasteiger partial charge in [0.1, 0.15) is 0 Å². The lowest BCUT2D eigenvalue weighted by atomic mass is 10.1. The third-order valence-corrected chi connectivity index (χ3v) is 3.90. The first-order valence-electron chi connectivity index (χ1n) is 5.92. The molecule has 0 fully saturated rings. The highest BCUT2D eigenvalue weighted by molar-refractivity contribution is 7.09. The largest absolute Gasteiger partial charge is 0.319 e. The van der Waals surface area contributed by atoms with Crippen LogP contribution in [0.3, 0.4) is 0 Å². The van der Waals surface area contributed by atoms with Crippen molar-refractivity contribution in [3.05, 3.63) is 39.3 Å². The average Bonchev–Trinajstić information content (AvgIpc) is 2.89. The maximum atomic E-state index is 4.63. The fourth-order valence-electron chi connectivity index (χ4n) is 2.05. The van der Waals surface area contributed by atoms with Crippen molar-refractivity contribution in [1.82, 2.24) is 15.1 Å². The van der Waals surface area contributed by atoms with Crippen LogP contribution in [0.4, 0.5) is 0 Å².